The third kappa shape index (κ3) is 6.08. The van der Waals surface area contributed by atoms with E-state index in [1.165, 1.54) is 4.90 Å². The minimum atomic E-state index is -0.857. The topological polar surface area (TPSA) is 90.9 Å². The number of alkyl carbamates (subject to hydrolysis) is 1. The average Bonchev–Trinajstić information content (AvgIpc) is 2.61. The lowest BCUT2D eigenvalue weighted by molar-refractivity contribution is 0.106. The number of benzene rings is 1. The average molecular weight is 335 g/mol. The highest BCUT2D eigenvalue weighted by atomic mass is 16.5. The molecule has 1 aromatic carbocycles. The van der Waals surface area contributed by atoms with Gasteiger partial charge in [-0.2, -0.15) is 0 Å². The predicted octanol–water partition coefficient (Wildman–Crippen LogP) is 2.03. The standard InChI is InChI=1S/C17H25N3O4/c21-16(24-13-14-6-2-1-3-7-14)19-10-9-18-12-15-8-4-5-11-20(15)17(22)23/h1-3,6-7,15,18H,4-5,8-13H2,(H,19,21)(H,22,23). The zero-order valence-corrected chi connectivity index (χ0v) is 13.7. The van der Waals surface area contributed by atoms with E-state index in [9.17, 15) is 9.59 Å². The number of carboxylic acid groups (broad SMARTS) is 1. The van der Waals surface area contributed by atoms with Gasteiger partial charge in [-0.3, -0.25) is 0 Å². The molecule has 1 fully saturated rings. The van der Waals surface area contributed by atoms with Gasteiger partial charge in [-0.15, -0.1) is 0 Å². The monoisotopic (exact) mass is 335 g/mol. The van der Waals surface area contributed by atoms with Crippen LogP contribution >= 0.6 is 0 Å². The lowest BCUT2D eigenvalue weighted by atomic mass is 10.0. The fourth-order valence-corrected chi connectivity index (χ4v) is 2.76. The molecule has 2 amide bonds. The number of carbonyl (C=O) groups excluding carboxylic acids is 1. The molecular formula is C17H25N3O4. The molecule has 0 aromatic heterocycles. The Kier molecular flexibility index (Phi) is 7.35. The van der Waals surface area contributed by atoms with Crippen molar-refractivity contribution in [3.05, 3.63) is 35.9 Å². The highest BCUT2D eigenvalue weighted by Gasteiger charge is 2.25. The van der Waals surface area contributed by atoms with Crippen LogP contribution in [0.1, 0.15) is 24.8 Å². The molecule has 1 aliphatic heterocycles. The third-order valence-corrected chi connectivity index (χ3v) is 4.04. The van der Waals surface area contributed by atoms with Crippen molar-refractivity contribution >= 4 is 12.2 Å². The van der Waals surface area contributed by atoms with Crippen molar-refractivity contribution in [2.45, 2.75) is 31.9 Å². The molecule has 7 heteroatoms. The summed E-state index contributed by atoms with van der Waals surface area (Å²) >= 11 is 0. The van der Waals surface area contributed by atoms with E-state index in [2.05, 4.69) is 10.6 Å². The van der Waals surface area contributed by atoms with Crippen molar-refractivity contribution in [1.82, 2.24) is 15.5 Å². The molecule has 0 saturated carbocycles. The van der Waals surface area contributed by atoms with Gasteiger partial charge in [-0.1, -0.05) is 30.3 Å². The Hall–Kier alpha value is -2.28. The van der Waals surface area contributed by atoms with Gasteiger partial charge in [0.25, 0.3) is 0 Å². The Morgan fingerprint density at radius 3 is 2.75 bits per heavy atom. The smallest absolute Gasteiger partial charge is 0.407 e. The number of likely N-dealkylation sites (tertiary alicyclic amines) is 1. The Morgan fingerprint density at radius 1 is 1.21 bits per heavy atom. The summed E-state index contributed by atoms with van der Waals surface area (Å²) in [6, 6.07) is 9.51. The second kappa shape index (κ2) is 9.77. The number of ether oxygens (including phenoxy) is 1. The summed E-state index contributed by atoms with van der Waals surface area (Å²) in [5.74, 6) is 0. The Morgan fingerprint density at radius 2 is 2.00 bits per heavy atom. The maximum Gasteiger partial charge on any atom is 0.407 e. The Balaban J connectivity index is 1.55. The summed E-state index contributed by atoms with van der Waals surface area (Å²) in [5, 5.41) is 15.0. The summed E-state index contributed by atoms with van der Waals surface area (Å²) in [4.78, 5) is 24.2. The van der Waals surface area contributed by atoms with Gasteiger partial charge < -0.3 is 25.4 Å². The van der Waals surface area contributed by atoms with E-state index in [1.54, 1.807) is 0 Å². The third-order valence-electron chi connectivity index (χ3n) is 4.04. The first kappa shape index (κ1) is 18.1. The zero-order valence-electron chi connectivity index (χ0n) is 13.7. The van der Waals surface area contributed by atoms with Crippen LogP contribution in [-0.4, -0.2) is 54.4 Å². The molecule has 2 rings (SSSR count). The van der Waals surface area contributed by atoms with Crippen LogP contribution in [0.15, 0.2) is 30.3 Å². The van der Waals surface area contributed by atoms with Crippen LogP contribution < -0.4 is 10.6 Å². The molecule has 0 bridgehead atoms. The van der Waals surface area contributed by atoms with Crippen molar-refractivity contribution in [3.8, 4) is 0 Å². The van der Waals surface area contributed by atoms with E-state index >= 15 is 0 Å². The number of nitrogens with zero attached hydrogens (tertiary/aromatic N) is 1. The number of rotatable bonds is 7. The Labute approximate surface area is 142 Å². The summed E-state index contributed by atoms with van der Waals surface area (Å²) in [6.45, 7) is 2.46. The van der Waals surface area contributed by atoms with Gasteiger partial charge in [0.1, 0.15) is 6.61 Å². The molecule has 7 nitrogen and oxygen atoms in total. The molecule has 1 heterocycles. The quantitative estimate of drug-likeness (QED) is 0.663. The van der Waals surface area contributed by atoms with Crippen LogP contribution in [0.3, 0.4) is 0 Å². The number of hydrogen-bond acceptors (Lipinski definition) is 4. The van der Waals surface area contributed by atoms with Crippen LogP contribution in [-0.2, 0) is 11.3 Å². The van der Waals surface area contributed by atoms with Crippen LogP contribution in [0.5, 0.6) is 0 Å². The molecule has 24 heavy (non-hydrogen) atoms. The molecule has 1 saturated heterocycles. The maximum atomic E-state index is 11.6. The first-order valence-corrected chi connectivity index (χ1v) is 8.31. The van der Waals surface area contributed by atoms with Crippen LogP contribution in [0, 0.1) is 0 Å². The van der Waals surface area contributed by atoms with Crippen molar-refractivity contribution in [3.63, 3.8) is 0 Å². The number of carbonyl (C=O) groups is 2. The second-order valence-corrected chi connectivity index (χ2v) is 5.82. The van der Waals surface area contributed by atoms with Gasteiger partial charge in [-0.05, 0) is 24.8 Å². The molecule has 1 atom stereocenters. The van der Waals surface area contributed by atoms with Crippen molar-refractivity contribution < 1.29 is 19.4 Å². The molecule has 0 spiro atoms. The fraction of sp³-hybridized carbons (Fsp3) is 0.529. The minimum absolute atomic E-state index is 0.0151. The highest BCUT2D eigenvalue weighted by molar-refractivity contribution is 5.67. The minimum Gasteiger partial charge on any atom is -0.465 e. The normalized spacial score (nSPS) is 17.3. The zero-order chi connectivity index (χ0) is 17.2. The summed E-state index contributed by atoms with van der Waals surface area (Å²) in [6.07, 6.45) is 1.55. The summed E-state index contributed by atoms with van der Waals surface area (Å²) < 4.78 is 5.11. The SMILES string of the molecule is O=C(NCCNCC1CCCCN1C(=O)O)OCc1ccccc1. The van der Waals surface area contributed by atoms with Crippen molar-refractivity contribution in [1.29, 1.82) is 0 Å². The van der Waals surface area contributed by atoms with Gasteiger partial charge in [-0.25, -0.2) is 9.59 Å². The molecule has 1 aliphatic rings. The molecule has 1 unspecified atom stereocenters. The van der Waals surface area contributed by atoms with Crippen molar-refractivity contribution in [2.75, 3.05) is 26.2 Å². The summed E-state index contributed by atoms with van der Waals surface area (Å²) in [5.41, 5.74) is 0.942. The van der Waals surface area contributed by atoms with E-state index in [0.29, 0.717) is 26.2 Å². The predicted molar refractivity (Wildman–Crippen MR) is 89.9 cm³/mol. The fourth-order valence-electron chi connectivity index (χ4n) is 2.76. The van der Waals surface area contributed by atoms with E-state index in [-0.39, 0.29) is 12.6 Å². The van der Waals surface area contributed by atoms with Gasteiger partial charge >= 0.3 is 12.2 Å². The van der Waals surface area contributed by atoms with Gasteiger partial charge in [0.15, 0.2) is 0 Å². The molecule has 1 aromatic rings. The van der Waals surface area contributed by atoms with Crippen LogP contribution in [0.25, 0.3) is 0 Å². The van der Waals surface area contributed by atoms with E-state index < -0.39 is 12.2 Å². The van der Waals surface area contributed by atoms with E-state index in [4.69, 9.17) is 9.84 Å². The number of amides is 2. The lowest BCUT2D eigenvalue weighted by Gasteiger charge is -2.33. The second-order valence-electron chi connectivity index (χ2n) is 5.82. The largest absolute Gasteiger partial charge is 0.465 e. The molecule has 0 aliphatic carbocycles. The number of nitrogens with one attached hydrogen (secondary N) is 2. The molecule has 132 valence electrons. The van der Waals surface area contributed by atoms with Gasteiger partial charge in [0, 0.05) is 32.2 Å². The first-order valence-electron chi connectivity index (χ1n) is 8.31. The maximum absolute atomic E-state index is 11.6. The number of piperidine rings is 1. The highest BCUT2D eigenvalue weighted by Crippen LogP contribution is 2.16. The Bertz CT molecular complexity index is 524. The van der Waals surface area contributed by atoms with Gasteiger partial charge in [0.05, 0.1) is 0 Å². The first-order chi connectivity index (χ1) is 11.7. The molecular weight excluding hydrogens is 310 g/mol. The van der Waals surface area contributed by atoms with Crippen LogP contribution in [0.4, 0.5) is 9.59 Å². The molecule has 3 N–H and O–H groups in total. The van der Waals surface area contributed by atoms with Crippen molar-refractivity contribution in [2.24, 2.45) is 0 Å². The number of hydrogen-bond donors (Lipinski definition) is 3. The van der Waals surface area contributed by atoms with Gasteiger partial charge in [0.2, 0.25) is 0 Å². The molecule has 0 radical (unpaired) electrons. The summed E-state index contributed by atoms with van der Waals surface area (Å²) in [7, 11) is 0. The lowest BCUT2D eigenvalue weighted by Crippen LogP contribution is -2.48. The van der Waals surface area contributed by atoms with E-state index in [1.807, 2.05) is 30.3 Å². The van der Waals surface area contributed by atoms with E-state index in [0.717, 1.165) is 24.8 Å². The van der Waals surface area contributed by atoms with Crippen LogP contribution in [0.2, 0.25) is 0 Å².